The number of carbonyl (C=O) groups is 2. The van der Waals surface area contributed by atoms with Gasteiger partial charge in [0.2, 0.25) is 0 Å². The third-order valence-electron chi connectivity index (χ3n) is 6.20. The highest BCUT2D eigenvalue weighted by Gasteiger charge is 2.32. The highest BCUT2D eigenvalue weighted by Crippen LogP contribution is 2.39. The Hall–Kier alpha value is -3.37. The van der Waals surface area contributed by atoms with Crippen molar-refractivity contribution >= 4 is 23.8 Å². The zero-order valence-corrected chi connectivity index (χ0v) is 22.7. The lowest BCUT2D eigenvalue weighted by molar-refractivity contribution is -0.245. The fraction of sp³-hybridized carbons (Fsp3) is 0.333. The van der Waals surface area contributed by atoms with Crippen molar-refractivity contribution in [3.05, 3.63) is 101 Å². The second-order valence-electron chi connectivity index (χ2n) is 9.06. The maximum Gasteiger partial charge on any atom is 0.325 e. The van der Waals surface area contributed by atoms with E-state index < -0.39 is 18.3 Å². The van der Waals surface area contributed by atoms with Gasteiger partial charge in [-0.3, -0.25) is 4.79 Å². The predicted octanol–water partition coefficient (Wildman–Crippen LogP) is 4.88. The summed E-state index contributed by atoms with van der Waals surface area (Å²) >= 11 is 1.76. The monoisotopic (exact) mass is 550 g/mol. The SMILES string of the molecule is CCOC(=O)CNC(=O)NCc1ccc([C@H]2O[C@@H](CSc3ccccc3)C[C@@H](c3ccc(CO)cc3)O2)cc1. The largest absolute Gasteiger partial charge is 0.465 e. The van der Waals surface area contributed by atoms with Crippen molar-refractivity contribution in [3.8, 4) is 0 Å². The van der Waals surface area contributed by atoms with Crippen LogP contribution in [-0.2, 0) is 32.2 Å². The minimum absolute atomic E-state index is 0.00213. The van der Waals surface area contributed by atoms with E-state index >= 15 is 0 Å². The fourth-order valence-electron chi connectivity index (χ4n) is 4.13. The minimum Gasteiger partial charge on any atom is -0.465 e. The first-order valence-electron chi connectivity index (χ1n) is 13.0. The van der Waals surface area contributed by atoms with E-state index in [2.05, 4.69) is 22.8 Å². The molecule has 3 aromatic rings. The number of aliphatic hydroxyl groups excluding tert-OH is 1. The number of benzene rings is 3. The van der Waals surface area contributed by atoms with Gasteiger partial charge in [-0.25, -0.2) is 4.79 Å². The van der Waals surface area contributed by atoms with Crippen LogP contribution >= 0.6 is 11.8 Å². The predicted molar refractivity (Wildman–Crippen MR) is 149 cm³/mol. The average molecular weight is 551 g/mol. The molecule has 2 amide bonds. The Morgan fingerprint density at radius 3 is 2.31 bits per heavy atom. The number of urea groups is 1. The number of hydrogen-bond donors (Lipinski definition) is 3. The van der Waals surface area contributed by atoms with Crippen LogP contribution in [-0.4, -0.2) is 42.1 Å². The van der Waals surface area contributed by atoms with Crippen LogP contribution in [0.25, 0.3) is 0 Å². The Bertz CT molecular complexity index is 1190. The van der Waals surface area contributed by atoms with Gasteiger partial charge in [-0.2, -0.15) is 0 Å². The molecule has 39 heavy (non-hydrogen) atoms. The van der Waals surface area contributed by atoms with E-state index in [1.54, 1.807) is 18.7 Å². The zero-order chi connectivity index (χ0) is 27.5. The first-order chi connectivity index (χ1) is 19.0. The zero-order valence-electron chi connectivity index (χ0n) is 21.9. The third kappa shape index (κ3) is 8.83. The van der Waals surface area contributed by atoms with E-state index in [0.29, 0.717) is 6.54 Å². The van der Waals surface area contributed by atoms with Crippen molar-refractivity contribution < 1.29 is 28.9 Å². The van der Waals surface area contributed by atoms with E-state index in [9.17, 15) is 14.7 Å². The first-order valence-corrected chi connectivity index (χ1v) is 14.0. The van der Waals surface area contributed by atoms with Crippen LogP contribution in [0, 0.1) is 0 Å². The Balaban J connectivity index is 1.39. The van der Waals surface area contributed by atoms with Crippen LogP contribution in [0.15, 0.2) is 83.8 Å². The minimum atomic E-state index is -0.544. The Morgan fingerprint density at radius 2 is 1.62 bits per heavy atom. The van der Waals surface area contributed by atoms with Gasteiger partial charge in [0.15, 0.2) is 6.29 Å². The van der Waals surface area contributed by atoms with Gasteiger partial charge in [0.25, 0.3) is 0 Å². The molecule has 1 aliphatic rings. The average Bonchev–Trinajstić information content (AvgIpc) is 2.99. The molecule has 0 saturated carbocycles. The topological polar surface area (TPSA) is 106 Å². The van der Waals surface area contributed by atoms with Crippen molar-refractivity contribution in [2.45, 2.75) is 49.9 Å². The summed E-state index contributed by atoms with van der Waals surface area (Å²) in [5, 5.41) is 14.6. The summed E-state index contributed by atoms with van der Waals surface area (Å²) in [7, 11) is 0. The molecule has 3 atom stereocenters. The molecule has 0 radical (unpaired) electrons. The number of esters is 1. The number of amides is 2. The molecule has 1 saturated heterocycles. The fourth-order valence-corrected chi connectivity index (χ4v) is 5.07. The number of carbonyl (C=O) groups excluding carboxylic acids is 2. The Morgan fingerprint density at radius 1 is 0.923 bits per heavy atom. The van der Waals surface area contributed by atoms with Gasteiger partial charge in [-0.05, 0) is 35.7 Å². The molecule has 3 N–H and O–H groups in total. The normalized spacial score (nSPS) is 18.8. The lowest BCUT2D eigenvalue weighted by atomic mass is 10.0. The number of thioether (sulfide) groups is 1. The molecule has 1 fully saturated rings. The molecule has 1 heterocycles. The number of aliphatic hydroxyl groups is 1. The highest BCUT2D eigenvalue weighted by atomic mass is 32.2. The van der Waals surface area contributed by atoms with E-state index in [1.807, 2.05) is 66.7 Å². The van der Waals surface area contributed by atoms with Gasteiger partial charge in [0, 0.05) is 29.2 Å². The lowest BCUT2D eigenvalue weighted by Gasteiger charge is -2.36. The molecule has 0 spiro atoms. The van der Waals surface area contributed by atoms with Crippen molar-refractivity contribution in [2.75, 3.05) is 18.9 Å². The van der Waals surface area contributed by atoms with Crippen LogP contribution < -0.4 is 10.6 Å². The van der Waals surface area contributed by atoms with Crippen molar-refractivity contribution in [3.63, 3.8) is 0 Å². The molecule has 8 nitrogen and oxygen atoms in total. The van der Waals surface area contributed by atoms with Crippen LogP contribution in [0.4, 0.5) is 4.79 Å². The smallest absolute Gasteiger partial charge is 0.325 e. The van der Waals surface area contributed by atoms with E-state index in [4.69, 9.17) is 14.2 Å². The number of nitrogens with one attached hydrogen (secondary N) is 2. The summed E-state index contributed by atoms with van der Waals surface area (Å²) in [6.45, 7) is 2.11. The molecule has 0 bridgehead atoms. The summed E-state index contributed by atoms with van der Waals surface area (Å²) in [5.41, 5.74) is 3.69. The number of ether oxygens (including phenoxy) is 3. The van der Waals surface area contributed by atoms with Crippen LogP contribution in [0.1, 0.15) is 48.0 Å². The molecule has 0 unspecified atom stereocenters. The molecule has 9 heteroatoms. The van der Waals surface area contributed by atoms with Gasteiger partial charge >= 0.3 is 12.0 Å². The Labute approximate surface area is 233 Å². The molecule has 4 rings (SSSR count). The standard InChI is InChI=1S/C30H34N2O6S/c1-2-36-28(34)18-32-30(35)31-17-21-8-14-24(15-9-21)29-37-25(20-39-26-6-4-3-5-7-26)16-27(38-29)23-12-10-22(19-33)11-13-23/h3-15,25,27,29,33H,2,16-20H2,1H3,(H2,31,32,35)/t25-,27+,29+/m1/s1. The number of rotatable bonds is 11. The van der Waals surface area contributed by atoms with Gasteiger partial charge < -0.3 is 30.0 Å². The van der Waals surface area contributed by atoms with Gasteiger partial charge in [0.1, 0.15) is 6.54 Å². The quantitative estimate of drug-likeness (QED) is 0.231. The van der Waals surface area contributed by atoms with Crippen molar-refractivity contribution in [2.24, 2.45) is 0 Å². The second kappa shape index (κ2) is 14.7. The maximum atomic E-state index is 12.0. The molecular formula is C30H34N2O6S. The van der Waals surface area contributed by atoms with E-state index in [1.165, 1.54) is 4.90 Å². The van der Waals surface area contributed by atoms with E-state index in [-0.39, 0.29) is 32.0 Å². The van der Waals surface area contributed by atoms with Gasteiger partial charge in [-0.15, -0.1) is 11.8 Å². The second-order valence-corrected chi connectivity index (χ2v) is 10.2. The summed E-state index contributed by atoms with van der Waals surface area (Å²) < 4.78 is 17.6. The maximum absolute atomic E-state index is 12.0. The van der Waals surface area contributed by atoms with E-state index in [0.717, 1.165) is 34.4 Å². The highest BCUT2D eigenvalue weighted by molar-refractivity contribution is 7.99. The van der Waals surface area contributed by atoms with Crippen LogP contribution in [0.2, 0.25) is 0 Å². The van der Waals surface area contributed by atoms with Gasteiger partial charge in [-0.1, -0.05) is 66.7 Å². The molecule has 206 valence electrons. The van der Waals surface area contributed by atoms with Crippen molar-refractivity contribution in [1.82, 2.24) is 10.6 Å². The Kier molecular flexibility index (Phi) is 10.8. The van der Waals surface area contributed by atoms with Crippen molar-refractivity contribution in [1.29, 1.82) is 0 Å². The number of hydrogen-bond acceptors (Lipinski definition) is 7. The van der Waals surface area contributed by atoms with Gasteiger partial charge in [0.05, 0.1) is 25.4 Å². The molecule has 0 aliphatic carbocycles. The first kappa shape index (κ1) is 28.6. The van der Waals surface area contributed by atoms with Crippen LogP contribution in [0.5, 0.6) is 0 Å². The van der Waals surface area contributed by atoms with Crippen LogP contribution in [0.3, 0.4) is 0 Å². The molecule has 0 aromatic heterocycles. The summed E-state index contributed by atoms with van der Waals surface area (Å²) in [4.78, 5) is 24.5. The summed E-state index contributed by atoms with van der Waals surface area (Å²) in [6, 6.07) is 25.4. The summed E-state index contributed by atoms with van der Waals surface area (Å²) in [6.07, 6.45) is -0.00157. The lowest BCUT2D eigenvalue weighted by Crippen LogP contribution is -2.38. The molecule has 1 aliphatic heterocycles. The summed E-state index contributed by atoms with van der Waals surface area (Å²) in [5.74, 6) is 0.311. The molecular weight excluding hydrogens is 516 g/mol. The molecule has 3 aromatic carbocycles. The third-order valence-corrected chi connectivity index (χ3v) is 7.34.